The van der Waals surface area contributed by atoms with Crippen molar-refractivity contribution < 1.29 is 42.8 Å². The van der Waals surface area contributed by atoms with Gasteiger partial charge in [-0.05, 0) is 59.6 Å². The number of hydrogen-bond donors (Lipinski definition) is 4. The minimum Gasteiger partial charge on any atom is -0.490 e. The highest BCUT2D eigenvalue weighted by atomic mass is 32.2. The fraction of sp³-hybridized carbons (Fsp3) is 0.441. The van der Waals surface area contributed by atoms with E-state index in [-0.39, 0.29) is 30.4 Å². The molecular formula is C34H39F3N2O6S. The predicted molar refractivity (Wildman–Crippen MR) is 168 cm³/mol. The minimum atomic E-state index is -1.31. The van der Waals surface area contributed by atoms with Crippen molar-refractivity contribution in [2.75, 3.05) is 19.3 Å². The lowest BCUT2D eigenvalue weighted by atomic mass is 9.92. The van der Waals surface area contributed by atoms with Crippen molar-refractivity contribution in [1.82, 2.24) is 4.90 Å². The monoisotopic (exact) mass is 660 g/mol. The Labute approximate surface area is 270 Å². The molecule has 0 radical (unpaired) electrons. The predicted octanol–water partition coefficient (Wildman–Crippen LogP) is 3.87. The van der Waals surface area contributed by atoms with Crippen molar-refractivity contribution in [3.8, 4) is 5.75 Å². The fourth-order valence-electron chi connectivity index (χ4n) is 5.96. The van der Waals surface area contributed by atoms with E-state index in [1.807, 2.05) is 48.5 Å². The second kappa shape index (κ2) is 15.2. The van der Waals surface area contributed by atoms with Crippen LogP contribution in [-0.4, -0.2) is 81.4 Å². The van der Waals surface area contributed by atoms with Gasteiger partial charge in [0, 0.05) is 44.5 Å². The molecule has 0 unspecified atom stereocenters. The standard InChI is InChI=1S/C34H39F3N2O6S/c1-46-34-32(43)30(41)31(42)33(45-34)21-4-2-3-20(14-21)13-19-5-7-24(8-6-19)44-25-9-11-39(12-10-25)29(40)17-23(38)15-22-16-27(36)28(37)18-26(22)35/h2-8,14,16,18,23,25,30-34,41-43H,9-13,15,17,38H2,1H3/t23-,30+,31+,32-,33-,34+/m0/s1. The largest absolute Gasteiger partial charge is 0.490 e. The number of aliphatic hydroxyl groups is 3. The van der Waals surface area contributed by atoms with Crippen molar-refractivity contribution in [1.29, 1.82) is 0 Å². The highest BCUT2D eigenvalue weighted by Crippen LogP contribution is 2.36. The Hall–Kier alpha value is -3.13. The number of hydrogen-bond acceptors (Lipinski definition) is 8. The fourth-order valence-corrected chi connectivity index (χ4v) is 6.63. The van der Waals surface area contributed by atoms with Crippen LogP contribution in [0.1, 0.15) is 47.6 Å². The molecule has 0 aromatic heterocycles. The Morgan fingerprint density at radius 2 is 1.65 bits per heavy atom. The number of likely N-dealkylation sites (tertiary alicyclic amines) is 1. The van der Waals surface area contributed by atoms with E-state index in [0.717, 1.165) is 22.8 Å². The third kappa shape index (κ3) is 8.23. The van der Waals surface area contributed by atoms with Gasteiger partial charge < -0.3 is 35.4 Å². The third-order valence-corrected chi connectivity index (χ3v) is 9.37. The molecule has 8 nitrogen and oxygen atoms in total. The number of thioether (sulfide) groups is 1. The second-order valence-electron chi connectivity index (χ2n) is 11.9. The van der Waals surface area contributed by atoms with E-state index >= 15 is 0 Å². The number of carbonyl (C=O) groups excluding carboxylic acids is 1. The quantitative estimate of drug-likeness (QED) is 0.242. The van der Waals surface area contributed by atoms with Crippen LogP contribution in [-0.2, 0) is 22.4 Å². The molecule has 0 bridgehead atoms. The first kappa shape index (κ1) is 34.2. The first-order valence-corrected chi connectivity index (χ1v) is 16.5. The van der Waals surface area contributed by atoms with E-state index < -0.39 is 53.3 Å². The molecule has 5 rings (SSSR count). The number of carbonyl (C=O) groups is 1. The maximum atomic E-state index is 14.0. The molecule has 2 aliphatic heterocycles. The summed E-state index contributed by atoms with van der Waals surface area (Å²) in [4.78, 5) is 14.5. The summed E-state index contributed by atoms with van der Waals surface area (Å²) in [7, 11) is 0. The Balaban J connectivity index is 1.09. The van der Waals surface area contributed by atoms with Crippen LogP contribution in [0.2, 0.25) is 0 Å². The summed E-state index contributed by atoms with van der Waals surface area (Å²) in [5.41, 5.74) is 8.09. The summed E-state index contributed by atoms with van der Waals surface area (Å²) in [5, 5.41) is 31.0. The molecule has 1 amide bonds. The Morgan fingerprint density at radius 3 is 2.35 bits per heavy atom. The molecule has 0 aliphatic carbocycles. The second-order valence-corrected chi connectivity index (χ2v) is 12.9. The van der Waals surface area contributed by atoms with E-state index in [1.54, 1.807) is 11.2 Å². The summed E-state index contributed by atoms with van der Waals surface area (Å²) in [6.45, 7) is 0.967. The normalized spacial score (nSPS) is 24.5. The average molecular weight is 661 g/mol. The van der Waals surface area contributed by atoms with E-state index in [4.69, 9.17) is 15.2 Å². The topological polar surface area (TPSA) is 125 Å². The van der Waals surface area contributed by atoms with Gasteiger partial charge >= 0.3 is 0 Å². The lowest BCUT2D eigenvalue weighted by Crippen LogP contribution is -2.52. The van der Waals surface area contributed by atoms with E-state index in [9.17, 15) is 33.3 Å². The van der Waals surface area contributed by atoms with Gasteiger partial charge in [0.2, 0.25) is 5.91 Å². The van der Waals surface area contributed by atoms with Crippen LogP contribution in [0.3, 0.4) is 0 Å². The van der Waals surface area contributed by atoms with Crippen molar-refractivity contribution >= 4 is 17.7 Å². The summed E-state index contributed by atoms with van der Waals surface area (Å²) >= 11 is 1.28. The maximum absolute atomic E-state index is 14.0. The van der Waals surface area contributed by atoms with Crippen LogP contribution in [0, 0.1) is 17.5 Å². The zero-order valence-electron chi connectivity index (χ0n) is 25.4. The Morgan fingerprint density at radius 1 is 0.957 bits per heavy atom. The van der Waals surface area contributed by atoms with Gasteiger partial charge in [0.25, 0.3) is 0 Å². The lowest BCUT2D eigenvalue weighted by Gasteiger charge is -2.40. The number of amides is 1. The Kier molecular flexibility index (Phi) is 11.3. The molecule has 12 heteroatoms. The van der Waals surface area contributed by atoms with Gasteiger partial charge in [0.05, 0.1) is 0 Å². The van der Waals surface area contributed by atoms with Gasteiger partial charge in [-0.3, -0.25) is 4.79 Å². The van der Waals surface area contributed by atoms with Gasteiger partial charge in [0.1, 0.15) is 47.5 Å². The van der Waals surface area contributed by atoms with Crippen LogP contribution in [0.4, 0.5) is 13.2 Å². The number of piperidine rings is 1. The van der Waals surface area contributed by atoms with Crippen molar-refractivity contribution in [3.05, 3.63) is 100 Å². The molecule has 2 heterocycles. The summed E-state index contributed by atoms with van der Waals surface area (Å²) in [5.74, 6) is -2.77. The molecule has 2 fully saturated rings. The molecule has 3 aromatic rings. The van der Waals surface area contributed by atoms with Crippen LogP contribution >= 0.6 is 11.8 Å². The third-order valence-electron chi connectivity index (χ3n) is 8.52. The number of halogens is 3. The van der Waals surface area contributed by atoms with Gasteiger partial charge in [-0.25, -0.2) is 13.2 Å². The number of nitrogens with two attached hydrogens (primary N) is 1. The van der Waals surface area contributed by atoms with Gasteiger partial charge in [-0.2, -0.15) is 0 Å². The number of nitrogens with zero attached hydrogens (tertiary/aromatic N) is 1. The number of benzene rings is 3. The maximum Gasteiger partial charge on any atom is 0.224 e. The van der Waals surface area contributed by atoms with Crippen LogP contribution < -0.4 is 10.5 Å². The first-order valence-electron chi connectivity index (χ1n) is 15.3. The molecule has 5 N–H and O–H groups in total. The Bertz CT molecular complexity index is 1490. The van der Waals surface area contributed by atoms with Crippen molar-refractivity contribution in [3.63, 3.8) is 0 Å². The minimum absolute atomic E-state index is 0.0357. The number of aliphatic hydroxyl groups excluding tert-OH is 3. The van der Waals surface area contributed by atoms with Crippen LogP contribution in [0.15, 0.2) is 60.7 Å². The summed E-state index contributed by atoms with van der Waals surface area (Å²) < 4.78 is 52.7. The summed E-state index contributed by atoms with van der Waals surface area (Å²) in [6.07, 6.45) is -1.02. The average Bonchev–Trinajstić information content (AvgIpc) is 3.04. The number of ether oxygens (including phenoxy) is 2. The van der Waals surface area contributed by atoms with Gasteiger partial charge in [-0.1, -0.05) is 36.4 Å². The van der Waals surface area contributed by atoms with E-state index in [0.29, 0.717) is 44.2 Å². The van der Waals surface area contributed by atoms with Crippen LogP contribution in [0.25, 0.3) is 0 Å². The first-order chi connectivity index (χ1) is 22.0. The molecule has 248 valence electrons. The molecule has 6 atom stereocenters. The zero-order chi connectivity index (χ0) is 33.0. The van der Waals surface area contributed by atoms with Crippen molar-refractivity contribution in [2.24, 2.45) is 5.73 Å². The SMILES string of the molecule is CS[C@H]1O[C@@H](c2cccc(Cc3ccc(OC4CCN(C(=O)C[C@@H](N)Cc5cc(F)c(F)cc5F)CC4)cc3)c2)[C@H](O)[C@@H](O)[C@@H]1O. The van der Waals surface area contributed by atoms with Gasteiger partial charge in [-0.15, -0.1) is 11.8 Å². The molecule has 46 heavy (non-hydrogen) atoms. The molecular weight excluding hydrogens is 621 g/mol. The molecule has 2 saturated heterocycles. The molecule has 0 spiro atoms. The molecule has 3 aromatic carbocycles. The zero-order valence-corrected chi connectivity index (χ0v) is 26.2. The molecule has 2 aliphatic rings. The highest BCUT2D eigenvalue weighted by molar-refractivity contribution is 7.99. The lowest BCUT2D eigenvalue weighted by molar-refractivity contribution is -0.200. The van der Waals surface area contributed by atoms with E-state index in [1.165, 1.54) is 11.8 Å². The summed E-state index contributed by atoms with van der Waals surface area (Å²) in [6, 6.07) is 15.9. The van der Waals surface area contributed by atoms with Crippen molar-refractivity contribution in [2.45, 2.75) is 74.1 Å². The highest BCUT2D eigenvalue weighted by Gasteiger charge is 2.44. The molecule has 0 saturated carbocycles. The smallest absolute Gasteiger partial charge is 0.224 e. The van der Waals surface area contributed by atoms with E-state index in [2.05, 4.69) is 0 Å². The van der Waals surface area contributed by atoms with Crippen LogP contribution in [0.5, 0.6) is 5.75 Å². The van der Waals surface area contributed by atoms with Gasteiger partial charge in [0.15, 0.2) is 11.6 Å². The number of rotatable bonds is 10.